The van der Waals surface area contributed by atoms with Crippen molar-refractivity contribution in [2.75, 3.05) is 5.73 Å². The van der Waals surface area contributed by atoms with E-state index in [0.29, 0.717) is 5.92 Å². The average Bonchev–Trinajstić information content (AvgIpc) is 3.12. The number of nitrogen functional groups attached to an aromatic ring is 1. The number of aryl methyl sites for hydroxylation is 1. The maximum absolute atomic E-state index is 6.46. The number of anilines is 1. The molecule has 2 N–H and O–H groups in total. The predicted octanol–water partition coefficient (Wildman–Crippen LogP) is 4.12. The first-order chi connectivity index (χ1) is 10.3. The first kappa shape index (κ1) is 14.2. The van der Waals surface area contributed by atoms with Gasteiger partial charge in [-0.3, -0.25) is 0 Å². The summed E-state index contributed by atoms with van der Waals surface area (Å²) < 4.78 is 2.23. The summed E-state index contributed by atoms with van der Waals surface area (Å²) in [6.07, 6.45) is 7.24. The van der Waals surface area contributed by atoms with Crippen LogP contribution in [0.15, 0.2) is 30.3 Å². The highest BCUT2D eigenvalue weighted by atomic mass is 15.1. The number of rotatable bonds is 5. The molecule has 0 amide bonds. The lowest BCUT2D eigenvalue weighted by Crippen LogP contribution is -2.09. The number of imidazole rings is 1. The van der Waals surface area contributed by atoms with Gasteiger partial charge in [0.25, 0.3) is 0 Å². The fourth-order valence-electron chi connectivity index (χ4n) is 3.39. The highest BCUT2D eigenvalue weighted by molar-refractivity contribution is 5.42. The van der Waals surface area contributed by atoms with Crippen LogP contribution in [-0.2, 0) is 13.0 Å². The van der Waals surface area contributed by atoms with E-state index in [1.54, 1.807) is 0 Å². The van der Waals surface area contributed by atoms with Crippen molar-refractivity contribution in [2.24, 2.45) is 0 Å². The van der Waals surface area contributed by atoms with Crippen LogP contribution >= 0.6 is 0 Å². The summed E-state index contributed by atoms with van der Waals surface area (Å²) in [5.74, 6) is 2.63. The first-order valence-corrected chi connectivity index (χ1v) is 8.18. The Balaban J connectivity index is 1.93. The number of benzene rings is 1. The van der Waals surface area contributed by atoms with Gasteiger partial charge in [-0.15, -0.1) is 0 Å². The SMILES string of the molecule is CCCc1nc(C2CCCC2)c(N)n1Cc1ccccc1. The molecule has 0 unspecified atom stereocenters. The third kappa shape index (κ3) is 2.97. The van der Waals surface area contributed by atoms with Gasteiger partial charge in [-0.05, 0) is 24.8 Å². The van der Waals surface area contributed by atoms with E-state index in [-0.39, 0.29) is 0 Å². The summed E-state index contributed by atoms with van der Waals surface area (Å²) in [6.45, 7) is 3.04. The van der Waals surface area contributed by atoms with Crippen LogP contribution < -0.4 is 5.73 Å². The molecule has 1 heterocycles. The van der Waals surface area contributed by atoms with Gasteiger partial charge in [-0.2, -0.15) is 0 Å². The van der Waals surface area contributed by atoms with Gasteiger partial charge in [0.2, 0.25) is 0 Å². The zero-order valence-electron chi connectivity index (χ0n) is 12.9. The Hall–Kier alpha value is -1.77. The average molecular weight is 283 g/mol. The third-order valence-corrected chi connectivity index (χ3v) is 4.51. The van der Waals surface area contributed by atoms with Gasteiger partial charge in [0.1, 0.15) is 11.6 Å². The Labute approximate surface area is 127 Å². The van der Waals surface area contributed by atoms with Crippen LogP contribution in [0.4, 0.5) is 5.82 Å². The first-order valence-electron chi connectivity index (χ1n) is 8.18. The van der Waals surface area contributed by atoms with Crippen molar-refractivity contribution in [3.63, 3.8) is 0 Å². The summed E-state index contributed by atoms with van der Waals surface area (Å²) in [7, 11) is 0. The molecule has 0 aliphatic heterocycles. The summed E-state index contributed by atoms with van der Waals surface area (Å²) in [5, 5.41) is 0. The van der Waals surface area contributed by atoms with E-state index in [0.717, 1.165) is 36.7 Å². The Bertz CT molecular complexity index is 580. The molecule has 1 aromatic heterocycles. The van der Waals surface area contributed by atoms with Crippen molar-refractivity contribution in [2.45, 2.75) is 57.9 Å². The smallest absolute Gasteiger partial charge is 0.127 e. The molecule has 0 bridgehead atoms. The number of aromatic nitrogens is 2. The summed E-state index contributed by atoms with van der Waals surface area (Å²) in [5.41, 5.74) is 8.91. The molecule has 21 heavy (non-hydrogen) atoms. The lowest BCUT2D eigenvalue weighted by Gasteiger charge is -2.11. The summed E-state index contributed by atoms with van der Waals surface area (Å²) >= 11 is 0. The second-order valence-electron chi connectivity index (χ2n) is 6.10. The van der Waals surface area contributed by atoms with Crippen LogP contribution in [-0.4, -0.2) is 9.55 Å². The molecule has 1 fully saturated rings. The van der Waals surface area contributed by atoms with Crippen molar-refractivity contribution in [1.82, 2.24) is 9.55 Å². The normalized spacial score (nSPS) is 15.7. The van der Waals surface area contributed by atoms with Crippen LogP contribution in [0, 0.1) is 0 Å². The molecular formula is C18H25N3. The number of nitrogens with zero attached hydrogens (tertiary/aromatic N) is 2. The van der Waals surface area contributed by atoms with E-state index < -0.39 is 0 Å². The molecule has 1 aliphatic carbocycles. The molecule has 3 heteroatoms. The fraction of sp³-hybridized carbons (Fsp3) is 0.500. The maximum Gasteiger partial charge on any atom is 0.127 e. The molecule has 3 nitrogen and oxygen atoms in total. The zero-order valence-corrected chi connectivity index (χ0v) is 12.9. The van der Waals surface area contributed by atoms with Crippen LogP contribution in [0.3, 0.4) is 0 Å². The Morgan fingerprint density at radius 2 is 1.90 bits per heavy atom. The number of nitrogens with two attached hydrogens (primary N) is 1. The van der Waals surface area contributed by atoms with Crippen molar-refractivity contribution in [1.29, 1.82) is 0 Å². The molecule has 0 radical (unpaired) electrons. The highest BCUT2D eigenvalue weighted by Gasteiger charge is 2.24. The largest absolute Gasteiger partial charge is 0.384 e. The zero-order chi connectivity index (χ0) is 14.7. The standard InChI is InChI=1S/C18H25N3/c1-2-8-16-20-17(15-11-6-7-12-15)18(19)21(16)13-14-9-4-3-5-10-14/h3-5,9-10,15H,2,6-8,11-13,19H2,1H3. The van der Waals surface area contributed by atoms with Crippen LogP contribution in [0.5, 0.6) is 0 Å². The second kappa shape index (κ2) is 6.33. The maximum atomic E-state index is 6.46. The van der Waals surface area contributed by atoms with Crippen LogP contribution in [0.25, 0.3) is 0 Å². The van der Waals surface area contributed by atoms with Gasteiger partial charge >= 0.3 is 0 Å². The van der Waals surface area contributed by atoms with E-state index in [2.05, 4.69) is 41.8 Å². The Morgan fingerprint density at radius 3 is 2.57 bits per heavy atom. The number of hydrogen-bond acceptors (Lipinski definition) is 2. The minimum atomic E-state index is 0.581. The molecule has 0 atom stereocenters. The topological polar surface area (TPSA) is 43.8 Å². The Kier molecular flexibility index (Phi) is 4.28. The van der Waals surface area contributed by atoms with Gasteiger partial charge in [-0.1, -0.05) is 50.1 Å². The van der Waals surface area contributed by atoms with Gasteiger partial charge in [0, 0.05) is 12.3 Å². The van der Waals surface area contributed by atoms with E-state index in [1.165, 1.54) is 31.2 Å². The highest BCUT2D eigenvalue weighted by Crippen LogP contribution is 2.37. The molecule has 1 aromatic carbocycles. The van der Waals surface area contributed by atoms with Crippen molar-refractivity contribution in [3.8, 4) is 0 Å². The van der Waals surface area contributed by atoms with Crippen molar-refractivity contribution < 1.29 is 0 Å². The minimum absolute atomic E-state index is 0.581. The van der Waals surface area contributed by atoms with Crippen molar-refractivity contribution >= 4 is 5.82 Å². The Morgan fingerprint density at radius 1 is 1.19 bits per heavy atom. The van der Waals surface area contributed by atoms with Crippen molar-refractivity contribution in [3.05, 3.63) is 47.4 Å². The van der Waals surface area contributed by atoms with Crippen LogP contribution in [0.2, 0.25) is 0 Å². The summed E-state index contributed by atoms with van der Waals surface area (Å²) in [4.78, 5) is 4.92. The van der Waals surface area contributed by atoms with Crippen LogP contribution in [0.1, 0.15) is 62.0 Å². The van der Waals surface area contributed by atoms with Gasteiger partial charge in [-0.25, -0.2) is 4.98 Å². The minimum Gasteiger partial charge on any atom is -0.384 e. The molecule has 112 valence electrons. The van der Waals surface area contributed by atoms with E-state index in [4.69, 9.17) is 10.7 Å². The molecule has 1 saturated carbocycles. The molecule has 3 rings (SSSR count). The van der Waals surface area contributed by atoms with Gasteiger partial charge in [0.15, 0.2) is 0 Å². The monoisotopic (exact) mass is 283 g/mol. The molecule has 1 aliphatic rings. The van der Waals surface area contributed by atoms with Gasteiger partial charge in [0.05, 0.1) is 12.2 Å². The lowest BCUT2D eigenvalue weighted by atomic mass is 10.0. The van der Waals surface area contributed by atoms with Gasteiger partial charge < -0.3 is 10.3 Å². The predicted molar refractivity (Wildman–Crippen MR) is 87.4 cm³/mol. The molecular weight excluding hydrogens is 258 g/mol. The fourth-order valence-corrected chi connectivity index (χ4v) is 3.39. The second-order valence-corrected chi connectivity index (χ2v) is 6.10. The molecule has 0 saturated heterocycles. The molecule has 2 aromatic rings. The molecule has 0 spiro atoms. The quantitative estimate of drug-likeness (QED) is 0.897. The lowest BCUT2D eigenvalue weighted by molar-refractivity contribution is 0.697. The summed E-state index contributed by atoms with van der Waals surface area (Å²) in [6, 6.07) is 10.5. The third-order valence-electron chi connectivity index (χ3n) is 4.51. The van der Waals surface area contributed by atoms with E-state index >= 15 is 0 Å². The number of hydrogen-bond donors (Lipinski definition) is 1. The van der Waals surface area contributed by atoms with E-state index in [1.807, 2.05) is 0 Å². The van der Waals surface area contributed by atoms with E-state index in [9.17, 15) is 0 Å².